The van der Waals surface area contributed by atoms with Gasteiger partial charge in [0.25, 0.3) is 5.69 Å². The molecule has 3 rings (SSSR count). The van der Waals surface area contributed by atoms with E-state index in [1.165, 1.54) is 12.1 Å². The monoisotopic (exact) mass is 424 g/mol. The molecule has 0 atom stereocenters. The Balaban J connectivity index is 1.54. The van der Waals surface area contributed by atoms with Crippen molar-refractivity contribution in [3.63, 3.8) is 0 Å². The number of anilines is 1. The molecule has 0 amide bonds. The lowest BCUT2D eigenvalue weighted by molar-refractivity contribution is -0.387. The number of nitrogens with zero attached hydrogens (tertiary/aromatic N) is 3. The van der Waals surface area contributed by atoms with E-state index in [2.05, 4.69) is 20.6 Å². The molecule has 8 nitrogen and oxygen atoms in total. The highest BCUT2D eigenvalue weighted by Gasteiger charge is 2.23. The number of aryl methyl sites for hydroxylation is 1. The van der Waals surface area contributed by atoms with Gasteiger partial charge in [0.1, 0.15) is 4.90 Å². The Morgan fingerprint density at radius 1 is 1.36 bits per heavy atom. The Kier molecular flexibility index (Phi) is 6.31. The van der Waals surface area contributed by atoms with Crippen molar-refractivity contribution in [3.8, 4) is 0 Å². The quantitative estimate of drug-likeness (QED) is 0.538. The van der Waals surface area contributed by atoms with E-state index in [1.807, 2.05) is 6.92 Å². The van der Waals surface area contributed by atoms with Crippen molar-refractivity contribution in [1.29, 1.82) is 0 Å². The molecule has 1 aliphatic rings. The Hall–Kier alpha value is -2.04. The number of nitrogens with one attached hydrogen (secondary N) is 1. The molecule has 152 valence electrons. The minimum absolute atomic E-state index is 0.254. The van der Waals surface area contributed by atoms with Gasteiger partial charge in [-0.25, -0.2) is 13.4 Å². The number of sulfone groups is 1. The van der Waals surface area contributed by atoms with Crippen LogP contribution in [0, 0.1) is 23.0 Å². The summed E-state index contributed by atoms with van der Waals surface area (Å²) in [5.74, 6) is 0.477. The molecule has 1 aromatic heterocycles. The summed E-state index contributed by atoms with van der Waals surface area (Å²) in [4.78, 5) is 17.1. The van der Waals surface area contributed by atoms with Gasteiger partial charge in [0.2, 0.25) is 0 Å². The molecule has 2 aromatic rings. The molecule has 10 heteroatoms. The van der Waals surface area contributed by atoms with Crippen molar-refractivity contribution in [1.82, 2.24) is 9.88 Å². The lowest BCUT2D eigenvalue weighted by Gasteiger charge is -2.31. The van der Waals surface area contributed by atoms with Gasteiger partial charge in [-0.3, -0.25) is 15.0 Å². The third-order valence-electron chi connectivity index (χ3n) is 4.91. The van der Waals surface area contributed by atoms with E-state index in [-0.39, 0.29) is 4.90 Å². The highest BCUT2D eigenvalue weighted by Crippen LogP contribution is 2.28. The third-order valence-corrected chi connectivity index (χ3v) is 6.86. The number of hydrogen-bond donors (Lipinski definition) is 1. The Bertz CT molecular complexity index is 950. The molecular weight excluding hydrogens is 400 g/mol. The predicted molar refractivity (Wildman–Crippen MR) is 110 cm³/mol. The fraction of sp³-hybridized carbons (Fsp3) is 0.500. The number of aromatic nitrogens is 1. The molecule has 0 unspecified atom stereocenters. The van der Waals surface area contributed by atoms with E-state index < -0.39 is 20.4 Å². The van der Waals surface area contributed by atoms with Gasteiger partial charge < -0.3 is 5.32 Å². The number of thiazole rings is 1. The SMILES string of the molecule is Cc1nc(CN2CCC(CNc3ccc([N+](=O)[O-])c(S(C)(=O)=O)c3)CC2)cs1. The highest BCUT2D eigenvalue weighted by molar-refractivity contribution is 7.90. The summed E-state index contributed by atoms with van der Waals surface area (Å²) in [5.41, 5.74) is 1.32. The second-order valence-corrected chi connectivity index (χ2v) is 10.2. The largest absolute Gasteiger partial charge is 0.385 e. The van der Waals surface area contributed by atoms with Gasteiger partial charge in [0, 0.05) is 36.5 Å². The predicted octanol–water partition coefficient (Wildman–Crippen LogP) is 3.09. The summed E-state index contributed by atoms with van der Waals surface area (Å²) in [6.07, 6.45) is 3.07. The highest BCUT2D eigenvalue weighted by atomic mass is 32.2. The fourth-order valence-corrected chi connectivity index (χ4v) is 4.86. The zero-order valence-electron chi connectivity index (χ0n) is 15.9. The van der Waals surface area contributed by atoms with E-state index in [9.17, 15) is 18.5 Å². The van der Waals surface area contributed by atoms with Crippen molar-refractivity contribution in [2.45, 2.75) is 31.2 Å². The van der Waals surface area contributed by atoms with Crippen LogP contribution < -0.4 is 5.32 Å². The number of nitro groups is 1. The number of rotatable bonds is 7. The Morgan fingerprint density at radius 2 is 2.07 bits per heavy atom. The normalized spacial score (nSPS) is 16.2. The van der Waals surface area contributed by atoms with Crippen LogP contribution in [0.2, 0.25) is 0 Å². The molecule has 0 bridgehead atoms. The van der Waals surface area contributed by atoms with Crippen molar-refractivity contribution >= 4 is 32.5 Å². The number of likely N-dealkylation sites (tertiary alicyclic amines) is 1. The van der Waals surface area contributed by atoms with Gasteiger partial charge >= 0.3 is 0 Å². The zero-order chi connectivity index (χ0) is 20.3. The van der Waals surface area contributed by atoms with E-state index >= 15 is 0 Å². The van der Waals surface area contributed by atoms with Crippen molar-refractivity contribution < 1.29 is 13.3 Å². The molecule has 1 aromatic carbocycles. The van der Waals surface area contributed by atoms with Crippen LogP contribution in [0.3, 0.4) is 0 Å². The van der Waals surface area contributed by atoms with Crippen LogP contribution >= 0.6 is 11.3 Å². The number of nitro benzene ring substituents is 1. The average molecular weight is 425 g/mol. The van der Waals surface area contributed by atoms with Crippen LogP contribution in [0.1, 0.15) is 23.5 Å². The molecule has 0 spiro atoms. The van der Waals surface area contributed by atoms with Gasteiger partial charge in [-0.1, -0.05) is 0 Å². The maximum absolute atomic E-state index is 11.9. The van der Waals surface area contributed by atoms with Gasteiger partial charge in [-0.05, 0) is 50.9 Å². The van der Waals surface area contributed by atoms with E-state index in [0.717, 1.165) is 49.4 Å². The molecule has 2 heterocycles. The number of piperidine rings is 1. The molecule has 1 N–H and O–H groups in total. The Labute approximate surface area is 168 Å². The molecule has 0 saturated carbocycles. The topological polar surface area (TPSA) is 105 Å². The summed E-state index contributed by atoms with van der Waals surface area (Å²) in [6.45, 7) is 5.60. The minimum Gasteiger partial charge on any atom is -0.385 e. The number of benzene rings is 1. The summed E-state index contributed by atoms with van der Waals surface area (Å²) in [5, 5.41) is 17.5. The Morgan fingerprint density at radius 3 is 2.64 bits per heavy atom. The molecule has 0 radical (unpaired) electrons. The molecule has 1 aliphatic heterocycles. The summed E-state index contributed by atoms with van der Waals surface area (Å²) in [6, 6.07) is 4.16. The molecule has 0 aliphatic carbocycles. The van der Waals surface area contributed by atoms with Crippen LogP contribution in [-0.4, -0.2) is 49.1 Å². The first-order valence-corrected chi connectivity index (χ1v) is 11.8. The van der Waals surface area contributed by atoms with Crippen LogP contribution in [0.4, 0.5) is 11.4 Å². The van der Waals surface area contributed by atoms with Gasteiger partial charge in [-0.15, -0.1) is 11.3 Å². The first-order valence-electron chi connectivity index (χ1n) is 9.08. The van der Waals surface area contributed by atoms with Crippen molar-refractivity contribution in [2.75, 3.05) is 31.2 Å². The molecule has 1 saturated heterocycles. The standard InChI is InChI=1S/C18H24N4O4S2/c1-13-20-16(12-27-13)11-21-7-5-14(6-8-21)10-19-15-3-4-17(22(23)24)18(9-15)28(2,25)26/h3-4,9,12,14,19H,5-8,10-11H2,1-2H3. The van der Waals surface area contributed by atoms with E-state index in [4.69, 9.17) is 0 Å². The van der Waals surface area contributed by atoms with Crippen LogP contribution in [-0.2, 0) is 16.4 Å². The molecule has 28 heavy (non-hydrogen) atoms. The van der Waals surface area contributed by atoms with E-state index in [1.54, 1.807) is 17.4 Å². The fourth-order valence-electron chi connectivity index (χ4n) is 3.39. The summed E-state index contributed by atoms with van der Waals surface area (Å²) < 4.78 is 23.7. The smallest absolute Gasteiger partial charge is 0.288 e. The first-order chi connectivity index (χ1) is 13.2. The van der Waals surface area contributed by atoms with E-state index in [0.29, 0.717) is 18.2 Å². The lowest BCUT2D eigenvalue weighted by Crippen LogP contribution is -2.35. The van der Waals surface area contributed by atoms with Crippen molar-refractivity contribution in [3.05, 3.63) is 44.4 Å². The maximum Gasteiger partial charge on any atom is 0.288 e. The minimum atomic E-state index is -3.67. The molecular formula is C18H24N4O4S2. The second-order valence-electron chi connectivity index (χ2n) is 7.17. The number of hydrogen-bond acceptors (Lipinski definition) is 8. The van der Waals surface area contributed by atoms with Gasteiger partial charge in [0.15, 0.2) is 9.84 Å². The first kappa shape index (κ1) is 20.7. The van der Waals surface area contributed by atoms with Gasteiger partial charge in [-0.2, -0.15) is 0 Å². The third kappa shape index (κ3) is 5.27. The maximum atomic E-state index is 11.9. The van der Waals surface area contributed by atoms with Crippen LogP contribution in [0.5, 0.6) is 0 Å². The average Bonchev–Trinajstić information content (AvgIpc) is 3.05. The second kappa shape index (κ2) is 8.54. The summed E-state index contributed by atoms with van der Waals surface area (Å²) in [7, 11) is -3.67. The zero-order valence-corrected chi connectivity index (χ0v) is 17.6. The van der Waals surface area contributed by atoms with Gasteiger partial charge in [0.05, 0.1) is 15.6 Å². The van der Waals surface area contributed by atoms with Crippen LogP contribution in [0.15, 0.2) is 28.5 Å². The summed E-state index contributed by atoms with van der Waals surface area (Å²) >= 11 is 1.67. The lowest BCUT2D eigenvalue weighted by atomic mass is 9.96. The van der Waals surface area contributed by atoms with Crippen molar-refractivity contribution in [2.24, 2.45) is 5.92 Å². The van der Waals surface area contributed by atoms with Crippen LogP contribution in [0.25, 0.3) is 0 Å². The molecule has 1 fully saturated rings.